The minimum Gasteiger partial charge on any atom is -0.367 e. The van der Waals surface area contributed by atoms with Gasteiger partial charge in [-0.3, -0.25) is 4.79 Å². The third-order valence-corrected chi connectivity index (χ3v) is 6.12. The van der Waals surface area contributed by atoms with Crippen LogP contribution in [0.5, 0.6) is 0 Å². The van der Waals surface area contributed by atoms with Crippen LogP contribution in [0.25, 0.3) is 5.65 Å². The molecular weight excluding hydrogens is 424 g/mol. The summed E-state index contributed by atoms with van der Waals surface area (Å²) in [6, 6.07) is 17.6. The molecule has 5 rings (SSSR count). The van der Waals surface area contributed by atoms with Crippen molar-refractivity contribution >= 4 is 40.3 Å². The molecule has 2 aromatic carbocycles. The van der Waals surface area contributed by atoms with Crippen LogP contribution < -0.4 is 10.2 Å². The molecule has 2 aromatic heterocycles. The van der Waals surface area contributed by atoms with Crippen molar-refractivity contribution in [3.8, 4) is 0 Å². The number of hydrogen-bond acceptors (Lipinski definition) is 5. The van der Waals surface area contributed by atoms with Crippen LogP contribution in [0, 0.1) is 6.92 Å². The van der Waals surface area contributed by atoms with Crippen molar-refractivity contribution in [3.05, 3.63) is 83.1 Å². The highest BCUT2D eigenvalue weighted by atomic mass is 35.5. The van der Waals surface area contributed by atoms with E-state index in [0.29, 0.717) is 43.2 Å². The highest BCUT2D eigenvalue weighted by molar-refractivity contribution is 6.33. The van der Waals surface area contributed by atoms with Gasteiger partial charge in [-0.1, -0.05) is 41.9 Å². The number of rotatable bonds is 4. The van der Waals surface area contributed by atoms with E-state index in [9.17, 15) is 4.79 Å². The van der Waals surface area contributed by atoms with Crippen LogP contribution in [0.15, 0.2) is 67.0 Å². The van der Waals surface area contributed by atoms with Gasteiger partial charge < -0.3 is 15.1 Å². The number of aromatic nitrogens is 3. The van der Waals surface area contributed by atoms with Gasteiger partial charge in [-0.2, -0.15) is 9.61 Å². The Morgan fingerprint density at radius 2 is 1.75 bits per heavy atom. The molecule has 0 saturated carbocycles. The zero-order valence-corrected chi connectivity index (χ0v) is 18.5. The fourth-order valence-corrected chi connectivity index (χ4v) is 4.27. The first kappa shape index (κ1) is 20.3. The number of aryl methyl sites for hydroxylation is 1. The maximum Gasteiger partial charge on any atom is 0.259 e. The van der Waals surface area contributed by atoms with Crippen molar-refractivity contribution in [1.29, 1.82) is 0 Å². The zero-order valence-electron chi connectivity index (χ0n) is 17.7. The van der Waals surface area contributed by atoms with Crippen molar-refractivity contribution in [1.82, 2.24) is 19.5 Å². The molecule has 3 heterocycles. The molecule has 8 heteroatoms. The van der Waals surface area contributed by atoms with Crippen molar-refractivity contribution < 1.29 is 4.79 Å². The van der Waals surface area contributed by atoms with Gasteiger partial charge in [-0.15, -0.1) is 0 Å². The maximum atomic E-state index is 13.5. The van der Waals surface area contributed by atoms with E-state index in [1.54, 1.807) is 16.9 Å². The SMILES string of the molecule is Cc1ccccc1Nc1c(C(=O)N2CCN(c3ccccc3Cl)CC2)cnc2ccnn12. The van der Waals surface area contributed by atoms with Gasteiger partial charge in [0.25, 0.3) is 5.91 Å². The Balaban J connectivity index is 1.42. The largest absolute Gasteiger partial charge is 0.367 e. The summed E-state index contributed by atoms with van der Waals surface area (Å²) in [6.07, 6.45) is 3.32. The molecule has 1 fully saturated rings. The van der Waals surface area contributed by atoms with E-state index in [1.807, 2.05) is 66.4 Å². The number of amides is 1. The van der Waals surface area contributed by atoms with Crippen LogP contribution in [0.3, 0.4) is 0 Å². The van der Waals surface area contributed by atoms with Gasteiger partial charge in [0.1, 0.15) is 11.4 Å². The van der Waals surface area contributed by atoms with E-state index in [1.165, 1.54) is 0 Å². The normalized spacial score (nSPS) is 14.1. The van der Waals surface area contributed by atoms with Gasteiger partial charge >= 0.3 is 0 Å². The molecule has 1 aliphatic rings. The lowest BCUT2D eigenvalue weighted by Crippen LogP contribution is -2.49. The summed E-state index contributed by atoms with van der Waals surface area (Å²) in [5.74, 6) is 0.553. The predicted octanol–water partition coefficient (Wildman–Crippen LogP) is 4.40. The number of nitrogens with one attached hydrogen (secondary N) is 1. The van der Waals surface area contributed by atoms with E-state index < -0.39 is 0 Å². The standard InChI is InChI=1S/C24H23ClN6O/c1-17-6-2-4-8-20(17)28-23-18(16-26-22-10-11-27-31(22)23)24(32)30-14-12-29(13-15-30)21-9-5-3-7-19(21)25/h2-11,16,28H,12-15H2,1H3. The molecule has 0 bridgehead atoms. The van der Waals surface area contributed by atoms with Crippen LogP contribution in [0.2, 0.25) is 5.02 Å². The Morgan fingerprint density at radius 1 is 1.00 bits per heavy atom. The fraction of sp³-hybridized carbons (Fsp3) is 0.208. The molecule has 0 unspecified atom stereocenters. The lowest BCUT2D eigenvalue weighted by Gasteiger charge is -2.36. The second-order valence-electron chi connectivity index (χ2n) is 7.79. The monoisotopic (exact) mass is 446 g/mol. The van der Waals surface area contributed by atoms with Gasteiger partial charge in [-0.25, -0.2) is 4.98 Å². The van der Waals surface area contributed by atoms with Crippen molar-refractivity contribution in [2.75, 3.05) is 36.4 Å². The zero-order chi connectivity index (χ0) is 22.1. The number of carbonyl (C=O) groups is 1. The predicted molar refractivity (Wildman–Crippen MR) is 127 cm³/mol. The average molecular weight is 447 g/mol. The minimum absolute atomic E-state index is 0.0650. The first-order valence-corrected chi connectivity index (χ1v) is 10.9. The summed E-state index contributed by atoms with van der Waals surface area (Å²) in [5.41, 5.74) is 4.18. The molecule has 0 aliphatic carbocycles. The van der Waals surface area contributed by atoms with Crippen molar-refractivity contribution in [3.63, 3.8) is 0 Å². The van der Waals surface area contributed by atoms with Gasteiger partial charge in [0.05, 0.1) is 16.9 Å². The minimum atomic E-state index is -0.0650. The number of halogens is 1. The molecule has 0 spiro atoms. The summed E-state index contributed by atoms with van der Waals surface area (Å²) < 4.78 is 1.68. The Kier molecular flexibility index (Phi) is 5.41. The van der Waals surface area contributed by atoms with Gasteiger partial charge in [-0.05, 0) is 30.7 Å². The summed E-state index contributed by atoms with van der Waals surface area (Å²) in [7, 11) is 0. The number of fused-ring (bicyclic) bond motifs is 1. The smallest absolute Gasteiger partial charge is 0.259 e. The van der Waals surface area contributed by atoms with Gasteiger partial charge in [0.15, 0.2) is 5.65 Å². The highest BCUT2D eigenvalue weighted by Gasteiger charge is 2.26. The summed E-state index contributed by atoms with van der Waals surface area (Å²) >= 11 is 6.36. The third kappa shape index (κ3) is 3.76. The molecule has 1 N–H and O–H groups in total. The van der Waals surface area contributed by atoms with E-state index >= 15 is 0 Å². The molecule has 1 aliphatic heterocycles. The number of carbonyl (C=O) groups excluding carboxylic acids is 1. The molecular formula is C24H23ClN6O. The molecule has 32 heavy (non-hydrogen) atoms. The molecule has 162 valence electrons. The van der Waals surface area contributed by atoms with Crippen molar-refractivity contribution in [2.45, 2.75) is 6.92 Å². The summed E-state index contributed by atoms with van der Waals surface area (Å²) in [4.78, 5) is 22.1. The maximum absolute atomic E-state index is 13.5. The lowest BCUT2D eigenvalue weighted by atomic mass is 10.1. The Morgan fingerprint density at radius 3 is 2.53 bits per heavy atom. The van der Waals surface area contributed by atoms with E-state index in [2.05, 4.69) is 20.3 Å². The summed E-state index contributed by atoms with van der Waals surface area (Å²) in [5, 5.41) is 8.54. The Labute approximate surface area is 191 Å². The molecule has 4 aromatic rings. The third-order valence-electron chi connectivity index (χ3n) is 5.80. The second-order valence-corrected chi connectivity index (χ2v) is 8.20. The topological polar surface area (TPSA) is 65.8 Å². The molecule has 0 atom stereocenters. The number of benzene rings is 2. The molecule has 7 nitrogen and oxygen atoms in total. The number of anilines is 3. The van der Waals surface area contributed by atoms with Crippen LogP contribution in [0.1, 0.15) is 15.9 Å². The van der Waals surface area contributed by atoms with Crippen LogP contribution in [-0.2, 0) is 0 Å². The quantitative estimate of drug-likeness (QED) is 0.503. The molecule has 1 saturated heterocycles. The fourth-order valence-electron chi connectivity index (χ4n) is 4.02. The summed E-state index contributed by atoms with van der Waals surface area (Å²) in [6.45, 7) is 4.66. The second kappa shape index (κ2) is 8.51. The molecule has 1 amide bonds. The Hall–Kier alpha value is -3.58. The first-order valence-electron chi connectivity index (χ1n) is 10.6. The van der Waals surface area contributed by atoms with Crippen LogP contribution in [0.4, 0.5) is 17.2 Å². The number of hydrogen-bond donors (Lipinski definition) is 1. The lowest BCUT2D eigenvalue weighted by molar-refractivity contribution is 0.0747. The molecule has 0 radical (unpaired) electrons. The van der Waals surface area contributed by atoms with Crippen molar-refractivity contribution in [2.24, 2.45) is 0 Å². The number of piperazine rings is 1. The van der Waals surface area contributed by atoms with Gasteiger partial charge in [0.2, 0.25) is 0 Å². The van der Waals surface area contributed by atoms with E-state index in [0.717, 1.165) is 22.0 Å². The number of nitrogens with zero attached hydrogens (tertiary/aromatic N) is 5. The van der Waals surface area contributed by atoms with E-state index in [4.69, 9.17) is 11.6 Å². The van der Waals surface area contributed by atoms with Gasteiger partial charge in [0, 0.05) is 44.1 Å². The Bertz CT molecular complexity index is 1280. The first-order chi connectivity index (χ1) is 15.6. The van der Waals surface area contributed by atoms with Crippen LogP contribution >= 0.6 is 11.6 Å². The number of para-hydroxylation sites is 2. The van der Waals surface area contributed by atoms with Crippen LogP contribution in [-0.4, -0.2) is 51.6 Å². The van der Waals surface area contributed by atoms with E-state index in [-0.39, 0.29) is 5.91 Å². The highest BCUT2D eigenvalue weighted by Crippen LogP contribution is 2.28. The average Bonchev–Trinajstić information content (AvgIpc) is 3.30.